The molecule has 3 amide bonds. The maximum atomic E-state index is 13.4. The van der Waals surface area contributed by atoms with Crippen LogP contribution in [0.4, 0.5) is 4.79 Å². The van der Waals surface area contributed by atoms with Crippen molar-refractivity contribution in [2.75, 3.05) is 20.2 Å². The van der Waals surface area contributed by atoms with Crippen LogP contribution in [0.3, 0.4) is 0 Å². The van der Waals surface area contributed by atoms with E-state index in [-0.39, 0.29) is 29.3 Å². The van der Waals surface area contributed by atoms with Crippen LogP contribution in [0.2, 0.25) is 0 Å². The topological polar surface area (TPSA) is 92.7 Å². The molecule has 0 spiro atoms. The molecule has 2 aliphatic rings. The highest BCUT2D eigenvalue weighted by atomic mass is 16.5. The lowest BCUT2D eigenvalue weighted by atomic mass is 9.83. The summed E-state index contributed by atoms with van der Waals surface area (Å²) in [6.45, 7) is 2.06. The molecule has 2 unspecified atom stereocenters. The van der Waals surface area contributed by atoms with Crippen LogP contribution >= 0.6 is 0 Å². The summed E-state index contributed by atoms with van der Waals surface area (Å²) >= 11 is 0. The molecule has 37 heavy (non-hydrogen) atoms. The number of pyridine rings is 1. The minimum absolute atomic E-state index is 0.0153. The predicted octanol–water partition coefficient (Wildman–Crippen LogP) is 2.91. The van der Waals surface area contributed by atoms with Gasteiger partial charge in [0.05, 0.1) is 7.11 Å². The molecule has 0 aliphatic carbocycles. The Morgan fingerprint density at radius 2 is 1.73 bits per heavy atom. The quantitative estimate of drug-likeness (QED) is 0.522. The van der Waals surface area contributed by atoms with Gasteiger partial charge in [-0.25, -0.2) is 4.79 Å². The Labute approximate surface area is 216 Å². The van der Waals surface area contributed by atoms with Crippen molar-refractivity contribution in [2.24, 2.45) is 5.92 Å². The molecule has 0 radical (unpaired) electrons. The van der Waals surface area contributed by atoms with E-state index in [1.165, 1.54) is 0 Å². The minimum atomic E-state index is -0.718. The number of piperidine rings is 1. The number of aromatic nitrogens is 1. The summed E-state index contributed by atoms with van der Waals surface area (Å²) in [5.41, 5.74) is 2.91. The van der Waals surface area contributed by atoms with E-state index in [0.29, 0.717) is 32.6 Å². The number of methoxy groups -OCH3 is 1. The second kappa shape index (κ2) is 10.9. The zero-order valence-electron chi connectivity index (χ0n) is 20.9. The second-order valence-electron chi connectivity index (χ2n) is 9.86. The molecule has 1 saturated heterocycles. The Morgan fingerprint density at radius 1 is 0.946 bits per heavy atom. The molecule has 3 atom stereocenters. The lowest BCUT2D eigenvalue weighted by Gasteiger charge is -2.43. The van der Waals surface area contributed by atoms with E-state index in [0.717, 1.165) is 29.0 Å². The number of carbonyl (C=O) groups is 2. The number of fused-ring (bicyclic) bond motifs is 4. The van der Waals surface area contributed by atoms with E-state index in [1.807, 2.05) is 65.2 Å². The van der Waals surface area contributed by atoms with Crippen LogP contribution in [-0.2, 0) is 24.3 Å². The Kier molecular flexibility index (Phi) is 7.25. The monoisotopic (exact) mass is 500 g/mol. The van der Waals surface area contributed by atoms with E-state index in [4.69, 9.17) is 4.74 Å². The molecule has 1 fully saturated rings. The van der Waals surface area contributed by atoms with E-state index in [1.54, 1.807) is 24.1 Å². The molecule has 1 aromatic heterocycles. The number of nitrogens with zero attached hydrogens (tertiary/aromatic N) is 2. The van der Waals surface area contributed by atoms with Crippen LogP contribution in [0.15, 0.2) is 77.6 Å². The molecular formula is C29H32N4O4. The maximum Gasteiger partial charge on any atom is 0.318 e. The van der Waals surface area contributed by atoms with Gasteiger partial charge in [0.2, 0.25) is 5.91 Å². The zero-order chi connectivity index (χ0) is 25.8. The number of urea groups is 1. The van der Waals surface area contributed by atoms with Gasteiger partial charge in [0, 0.05) is 50.3 Å². The Morgan fingerprint density at radius 3 is 2.49 bits per heavy atom. The van der Waals surface area contributed by atoms with Crippen molar-refractivity contribution < 1.29 is 14.3 Å². The van der Waals surface area contributed by atoms with Gasteiger partial charge in [0.15, 0.2) is 0 Å². The summed E-state index contributed by atoms with van der Waals surface area (Å²) < 4.78 is 7.04. The highest BCUT2D eigenvalue weighted by molar-refractivity contribution is 5.87. The average Bonchev–Trinajstić information content (AvgIpc) is 2.92. The SMILES string of the molecule is COc1ccc(CNC(=O)[C@H](Cc2ccccc2)NC(=O)N2CC3CC(C2)c2cccc(=O)n2C3)cc1. The normalized spacial score (nSPS) is 18.9. The number of likely N-dealkylation sites (tertiary alicyclic amines) is 1. The standard InChI is InChI=1S/C29H32N4O4/c1-37-24-12-10-21(11-13-24)16-30-28(35)25(15-20-6-3-2-4-7-20)31-29(36)32-17-22-14-23(19-32)26-8-5-9-27(34)33(26)18-22/h2-13,22-23,25H,14-19H2,1H3,(H,30,35)(H,31,36)/t22?,23?,25-/m0/s1. The highest BCUT2D eigenvalue weighted by Crippen LogP contribution is 2.34. The average molecular weight is 501 g/mol. The molecule has 0 saturated carbocycles. The third kappa shape index (κ3) is 5.69. The fourth-order valence-corrected chi connectivity index (χ4v) is 5.42. The van der Waals surface area contributed by atoms with Crippen molar-refractivity contribution in [3.63, 3.8) is 0 Å². The van der Waals surface area contributed by atoms with Gasteiger partial charge in [0.1, 0.15) is 11.8 Å². The molecule has 2 N–H and O–H groups in total. The van der Waals surface area contributed by atoms with Crippen molar-refractivity contribution >= 4 is 11.9 Å². The van der Waals surface area contributed by atoms with Crippen molar-refractivity contribution in [1.29, 1.82) is 0 Å². The third-order valence-electron chi connectivity index (χ3n) is 7.29. The summed E-state index contributed by atoms with van der Waals surface area (Å²) in [5, 5.41) is 5.97. The smallest absolute Gasteiger partial charge is 0.318 e. The van der Waals surface area contributed by atoms with Crippen molar-refractivity contribution in [3.8, 4) is 5.75 Å². The number of nitrogens with one attached hydrogen (secondary N) is 2. The predicted molar refractivity (Wildman–Crippen MR) is 140 cm³/mol. The number of carbonyl (C=O) groups excluding carboxylic acids is 2. The van der Waals surface area contributed by atoms with Gasteiger partial charge in [-0.3, -0.25) is 9.59 Å². The maximum absolute atomic E-state index is 13.4. The first-order chi connectivity index (χ1) is 18.0. The van der Waals surface area contributed by atoms with E-state index in [9.17, 15) is 14.4 Å². The molecule has 8 nitrogen and oxygen atoms in total. The summed E-state index contributed by atoms with van der Waals surface area (Å²) in [6, 6.07) is 21.6. The Balaban J connectivity index is 1.27. The number of rotatable bonds is 7. The molecule has 192 valence electrons. The highest BCUT2D eigenvalue weighted by Gasteiger charge is 2.37. The van der Waals surface area contributed by atoms with Gasteiger partial charge in [-0.05, 0) is 41.7 Å². The van der Waals surface area contributed by atoms with Crippen LogP contribution in [0.1, 0.15) is 29.2 Å². The first-order valence-corrected chi connectivity index (χ1v) is 12.7. The number of hydrogen-bond donors (Lipinski definition) is 2. The number of amides is 3. The Bertz CT molecular complexity index is 1310. The number of hydrogen-bond acceptors (Lipinski definition) is 4. The lowest BCUT2D eigenvalue weighted by molar-refractivity contribution is -0.123. The van der Waals surface area contributed by atoms with Gasteiger partial charge < -0.3 is 24.8 Å². The zero-order valence-corrected chi connectivity index (χ0v) is 20.9. The Hall–Kier alpha value is -4.07. The molecule has 3 heterocycles. The van der Waals surface area contributed by atoms with Crippen LogP contribution < -0.4 is 20.9 Å². The fraction of sp³-hybridized carbons (Fsp3) is 0.345. The van der Waals surface area contributed by atoms with Crippen LogP contribution in [-0.4, -0.2) is 47.6 Å². The molecular weight excluding hydrogens is 468 g/mol. The summed E-state index contributed by atoms with van der Waals surface area (Å²) in [6.07, 6.45) is 1.35. The minimum Gasteiger partial charge on any atom is -0.497 e. The van der Waals surface area contributed by atoms with Crippen molar-refractivity contribution in [3.05, 3.63) is 100.0 Å². The molecule has 2 bridgehead atoms. The first-order valence-electron chi connectivity index (χ1n) is 12.7. The summed E-state index contributed by atoms with van der Waals surface area (Å²) in [5.74, 6) is 0.849. The van der Waals surface area contributed by atoms with E-state index in [2.05, 4.69) is 10.6 Å². The molecule has 5 rings (SSSR count). The lowest BCUT2D eigenvalue weighted by Crippen LogP contribution is -2.56. The van der Waals surface area contributed by atoms with E-state index < -0.39 is 6.04 Å². The third-order valence-corrected chi connectivity index (χ3v) is 7.29. The van der Waals surface area contributed by atoms with Gasteiger partial charge in [-0.15, -0.1) is 0 Å². The van der Waals surface area contributed by atoms with Crippen LogP contribution in [0.25, 0.3) is 0 Å². The summed E-state index contributed by atoms with van der Waals surface area (Å²) in [7, 11) is 1.61. The number of ether oxygens (including phenoxy) is 1. The molecule has 8 heteroatoms. The number of benzene rings is 2. The van der Waals surface area contributed by atoms with Gasteiger partial charge >= 0.3 is 6.03 Å². The second-order valence-corrected chi connectivity index (χ2v) is 9.86. The first kappa shape index (κ1) is 24.6. The van der Waals surface area contributed by atoms with Crippen LogP contribution in [0, 0.1) is 5.92 Å². The summed E-state index contributed by atoms with van der Waals surface area (Å²) in [4.78, 5) is 40.8. The molecule has 3 aromatic rings. The largest absolute Gasteiger partial charge is 0.497 e. The van der Waals surface area contributed by atoms with Crippen molar-refractivity contribution in [1.82, 2.24) is 20.1 Å². The van der Waals surface area contributed by atoms with Gasteiger partial charge in [0.25, 0.3) is 5.56 Å². The van der Waals surface area contributed by atoms with E-state index >= 15 is 0 Å². The van der Waals surface area contributed by atoms with Crippen molar-refractivity contribution in [2.45, 2.75) is 37.9 Å². The van der Waals surface area contributed by atoms with Crippen LogP contribution in [0.5, 0.6) is 5.75 Å². The molecule has 2 aromatic carbocycles. The molecule has 2 aliphatic heterocycles. The van der Waals surface area contributed by atoms with Gasteiger partial charge in [-0.1, -0.05) is 48.5 Å². The van der Waals surface area contributed by atoms with Gasteiger partial charge in [-0.2, -0.15) is 0 Å². The fourth-order valence-electron chi connectivity index (χ4n) is 5.42.